The predicted molar refractivity (Wildman–Crippen MR) is 70.9 cm³/mol. The molecule has 0 saturated carbocycles. The second-order valence-corrected chi connectivity index (χ2v) is 6.62. The largest absolute Gasteiger partial charge is 0.327 e. The SMILES string of the molecule is CCC(c1ccc(S(=O)(=O)CC)cc1)C(C)N. The van der Waals surface area contributed by atoms with E-state index in [-0.39, 0.29) is 17.7 Å². The van der Waals surface area contributed by atoms with Crippen molar-refractivity contribution < 1.29 is 8.42 Å². The van der Waals surface area contributed by atoms with Crippen LogP contribution in [0.25, 0.3) is 0 Å². The van der Waals surface area contributed by atoms with Crippen LogP contribution in [0.4, 0.5) is 0 Å². The van der Waals surface area contributed by atoms with Crippen LogP contribution in [-0.4, -0.2) is 20.2 Å². The number of rotatable bonds is 5. The Morgan fingerprint density at radius 1 is 1.18 bits per heavy atom. The molecule has 0 aliphatic heterocycles. The van der Waals surface area contributed by atoms with Gasteiger partial charge in [0.25, 0.3) is 0 Å². The zero-order valence-electron chi connectivity index (χ0n) is 10.7. The highest BCUT2D eigenvalue weighted by molar-refractivity contribution is 7.91. The molecule has 0 spiro atoms. The summed E-state index contributed by atoms with van der Waals surface area (Å²) in [4.78, 5) is 0.392. The monoisotopic (exact) mass is 255 g/mol. The van der Waals surface area contributed by atoms with Crippen LogP contribution in [0, 0.1) is 0 Å². The summed E-state index contributed by atoms with van der Waals surface area (Å²) < 4.78 is 23.3. The van der Waals surface area contributed by atoms with Gasteiger partial charge in [-0.2, -0.15) is 0 Å². The number of hydrogen-bond donors (Lipinski definition) is 1. The lowest BCUT2D eigenvalue weighted by Gasteiger charge is -2.19. The minimum atomic E-state index is -3.10. The van der Waals surface area contributed by atoms with Crippen molar-refractivity contribution in [2.45, 2.75) is 44.0 Å². The van der Waals surface area contributed by atoms with E-state index in [1.807, 2.05) is 19.1 Å². The van der Waals surface area contributed by atoms with Gasteiger partial charge in [-0.1, -0.05) is 26.0 Å². The van der Waals surface area contributed by atoms with Crippen LogP contribution in [0.3, 0.4) is 0 Å². The number of benzene rings is 1. The average molecular weight is 255 g/mol. The molecule has 0 bridgehead atoms. The van der Waals surface area contributed by atoms with E-state index >= 15 is 0 Å². The summed E-state index contributed by atoms with van der Waals surface area (Å²) in [5.41, 5.74) is 7.02. The maximum Gasteiger partial charge on any atom is 0.178 e. The van der Waals surface area contributed by atoms with Gasteiger partial charge in [-0.05, 0) is 37.0 Å². The first-order chi connectivity index (χ1) is 7.92. The van der Waals surface area contributed by atoms with Crippen molar-refractivity contribution >= 4 is 9.84 Å². The van der Waals surface area contributed by atoms with Gasteiger partial charge in [0.15, 0.2) is 9.84 Å². The second kappa shape index (κ2) is 5.65. The summed E-state index contributed by atoms with van der Waals surface area (Å²) in [6, 6.07) is 7.19. The maximum absolute atomic E-state index is 11.7. The number of sulfone groups is 1. The van der Waals surface area contributed by atoms with Gasteiger partial charge in [0.2, 0.25) is 0 Å². The number of nitrogens with two attached hydrogens (primary N) is 1. The summed E-state index contributed by atoms with van der Waals surface area (Å²) in [5.74, 6) is 0.421. The Morgan fingerprint density at radius 3 is 2.06 bits per heavy atom. The first kappa shape index (κ1) is 14.2. The lowest BCUT2D eigenvalue weighted by Crippen LogP contribution is -2.24. The Kier molecular flexibility index (Phi) is 4.71. The molecule has 1 rings (SSSR count). The minimum absolute atomic E-state index is 0.0774. The summed E-state index contributed by atoms with van der Waals surface area (Å²) in [5, 5.41) is 0. The maximum atomic E-state index is 11.7. The molecule has 17 heavy (non-hydrogen) atoms. The van der Waals surface area contributed by atoms with Gasteiger partial charge >= 0.3 is 0 Å². The predicted octanol–water partition coefficient (Wildman–Crippen LogP) is 2.32. The first-order valence-corrected chi connectivity index (χ1v) is 7.65. The lowest BCUT2D eigenvalue weighted by molar-refractivity contribution is 0.552. The van der Waals surface area contributed by atoms with Gasteiger partial charge in [0.05, 0.1) is 10.6 Å². The van der Waals surface area contributed by atoms with Gasteiger partial charge in [-0.25, -0.2) is 8.42 Å². The fraction of sp³-hybridized carbons (Fsp3) is 0.538. The highest BCUT2D eigenvalue weighted by Crippen LogP contribution is 2.23. The smallest absolute Gasteiger partial charge is 0.178 e. The molecule has 0 radical (unpaired) electrons. The third-order valence-corrected chi connectivity index (χ3v) is 4.87. The van der Waals surface area contributed by atoms with Gasteiger partial charge < -0.3 is 5.73 Å². The molecule has 0 aliphatic carbocycles. The van der Waals surface area contributed by atoms with E-state index in [0.717, 1.165) is 12.0 Å². The standard InChI is InChI=1S/C13H21NO2S/c1-4-13(10(3)14)11-6-8-12(9-7-11)17(15,16)5-2/h6-10,13H,4-5,14H2,1-3H3. The lowest BCUT2D eigenvalue weighted by atomic mass is 9.91. The summed E-state index contributed by atoms with van der Waals surface area (Å²) >= 11 is 0. The van der Waals surface area contributed by atoms with Crippen molar-refractivity contribution in [3.05, 3.63) is 29.8 Å². The van der Waals surface area contributed by atoms with Crippen molar-refractivity contribution in [1.82, 2.24) is 0 Å². The molecular weight excluding hydrogens is 234 g/mol. The Hall–Kier alpha value is -0.870. The molecule has 2 atom stereocenters. The van der Waals surface area contributed by atoms with Crippen molar-refractivity contribution in [2.24, 2.45) is 5.73 Å². The number of hydrogen-bond acceptors (Lipinski definition) is 3. The summed E-state index contributed by atoms with van der Waals surface area (Å²) in [6.45, 7) is 5.72. The first-order valence-electron chi connectivity index (χ1n) is 6.00. The van der Waals surface area contributed by atoms with Crippen LogP contribution in [-0.2, 0) is 9.84 Å². The van der Waals surface area contributed by atoms with E-state index < -0.39 is 9.84 Å². The molecule has 0 fully saturated rings. The van der Waals surface area contributed by atoms with Crippen molar-refractivity contribution in [3.8, 4) is 0 Å². The Labute approximate surface area is 104 Å². The molecule has 96 valence electrons. The summed E-state index contributed by atoms with van der Waals surface area (Å²) in [7, 11) is -3.10. The van der Waals surface area contributed by atoms with Crippen LogP contribution in [0.5, 0.6) is 0 Å². The fourth-order valence-corrected chi connectivity index (χ4v) is 2.88. The van der Waals surface area contributed by atoms with Crippen molar-refractivity contribution in [2.75, 3.05) is 5.75 Å². The van der Waals surface area contributed by atoms with E-state index in [2.05, 4.69) is 6.92 Å². The van der Waals surface area contributed by atoms with Gasteiger partial charge in [0, 0.05) is 6.04 Å². The highest BCUT2D eigenvalue weighted by Gasteiger charge is 2.16. The molecule has 0 aliphatic rings. The molecule has 0 heterocycles. The topological polar surface area (TPSA) is 60.2 Å². The quantitative estimate of drug-likeness (QED) is 0.878. The van der Waals surface area contributed by atoms with Crippen LogP contribution < -0.4 is 5.73 Å². The summed E-state index contributed by atoms with van der Waals surface area (Å²) in [6.07, 6.45) is 0.956. The van der Waals surface area contributed by atoms with Crippen LogP contribution in [0.15, 0.2) is 29.2 Å². The zero-order valence-corrected chi connectivity index (χ0v) is 11.5. The molecule has 0 saturated heterocycles. The normalized spacial score (nSPS) is 15.5. The third-order valence-electron chi connectivity index (χ3n) is 3.12. The highest BCUT2D eigenvalue weighted by atomic mass is 32.2. The van der Waals surface area contributed by atoms with E-state index in [4.69, 9.17) is 5.73 Å². The van der Waals surface area contributed by atoms with Crippen molar-refractivity contribution in [1.29, 1.82) is 0 Å². The molecular formula is C13H21NO2S. The van der Waals surface area contributed by atoms with Gasteiger partial charge in [0.1, 0.15) is 0 Å². The Bertz CT molecular complexity index is 449. The molecule has 4 heteroatoms. The molecule has 1 aromatic carbocycles. The Balaban J connectivity index is 3.03. The molecule has 2 unspecified atom stereocenters. The van der Waals surface area contributed by atoms with E-state index in [1.165, 1.54) is 0 Å². The Morgan fingerprint density at radius 2 is 1.71 bits per heavy atom. The van der Waals surface area contributed by atoms with E-state index in [9.17, 15) is 8.42 Å². The molecule has 0 amide bonds. The molecule has 3 nitrogen and oxygen atoms in total. The van der Waals surface area contributed by atoms with Gasteiger partial charge in [-0.3, -0.25) is 0 Å². The van der Waals surface area contributed by atoms with Crippen LogP contribution >= 0.6 is 0 Å². The van der Waals surface area contributed by atoms with E-state index in [0.29, 0.717) is 4.90 Å². The second-order valence-electron chi connectivity index (χ2n) is 4.35. The molecule has 1 aromatic rings. The van der Waals surface area contributed by atoms with Crippen molar-refractivity contribution in [3.63, 3.8) is 0 Å². The average Bonchev–Trinajstić information content (AvgIpc) is 2.30. The fourth-order valence-electron chi connectivity index (χ4n) is 2.00. The zero-order chi connectivity index (χ0) is 13.1. The third kappa shape index (κ3) is 3.30. The van der Waals surface area contributed by atoms with Gasteiger partial charge in [-0.15, -0.1) is 0 Å². The minimum Gasteiger partial charge on any atom is -0.327 e. The molecule has 0 aromatic heterocycles. The molecule has 2 N–H and O–H groups in total. The van der Waals surface area contributed by atoms with Crippen LogP contribution in [0.1, 0.15) is 38.7 Å². The van der Waals surface area contributed by atoms with Crippen LogP contribution in [0.2, 0.25) is 0 Å². The van der Waals surface area contributed by atoms with E-state index in [1.54, 1.807) is 19.1 Å².